The summed E-state index contributed by atoms with van der Waals surface area (Å²) in [5.41, 5.74) is 2.94. The van der Waals surface area contributed by atoms with Crippen LogP contribution in [0.4, 0.5) is 5.95 Å². The summed E-state index contributed by atoms with van der Waals surface area (Å²) in [6, 6.07) is 9.22. The Balaban J connectivity index is 2.00. The van der Waals surface area contributed by atoms with Gasteiger partial charge in [-0.3, -0.25) is 0 Å². The molecule has 0 aliphatic heterocycles. The van der Waals surface area contributed by atoms with Gasteiger partial charge in [0.15, 0.2) is 0 Å². The first-order valence-electron chi connectivity index (χ1n) is 5.88. The van der Waals surface area contributed by atoms with E-state index in [0.29, 0.717) is 18.2 Å². The Morgan fingerprint density at radius 1 is 1.16 bits per heavy atom. The molecule has 1 aromatic carbocycles. The van der Waals surface area contributed by atoms with Gasteiger partial charge in [0, 0.05) is 17.9 Å². The zero-order valence-electron chi connectivity index (χ0n) is 10.8. The lowest BCUT2D eigenvalue weighted by Crippen LogP contribution is -2.05. The van der Waals surface area contributed by atoms with E-state index >= 15 is 0 Å². The summed E-state index contributed by atoms with van der Waals surface area (Å²) >= 11 is 0. The molecule has 1 heterocycles. The molecule has 2 aromatic rings. The predicted octanol–water partition coefficient (Wildman–Crippen LogP) is 2.57. The fourth-order valence-electron chi connectivity index (χ4n) is 1.71. The van der Waals surface area contributed by atoms with E-state index in [1.54, 1.807) is 18.4 Å². The fraction of sp³-hybridized carbons (Fsp3) is 0.214. The molecule has 0 saturated carbocycles. The summed E-state index contributed by atoms with van der Waals surface area (Å²) in [4.78, 5) is 8.61. The van der Waals surface area contributed by atoms with Crippen LogP contribution in [0.1, 0.15) is 17.0 Å². The second kappa shape index (κ2) is 5.83. The van der Waals surface area contributed by atoms with Crippen LogP contribution < -0.4 is 10.1 Å². The number of nitrogens with one attached hydrogen (secondary N) is 1. The molecule has 0 fully saturated rings. The third-order valence-electron chi connectivity index (χ3n) is 2.52. The number of hydrogen-bond acceptors (Lipinski definition) is 5. The molecular formula is C14H14N4O. The van der Waals surface area contributed by atoms with Crippen molar-refractivity contribution in [2.45, 2.75) is 20.4 Å². The number of rotatable bonds is 4. The van der Waals surface area contributed by atoms with Crippen LogP contribution in [0.25, 0.3) is 0 Å². The van der Waals surface area contributed by atoms with E-state index in [9.17, 15) is 0 Å². The van der Waals surface area contributed by atoms with Crippen LogP contribution in [0.3, 0.4) is 0 Å². The topological polar surface area (TPSA) is 70.8 Å². The standard InChI is InChI=1S/C14H14N4O/c1-10-7-11(2)18-14(17-10)16-8-12-3-5-13(6-4-12)19-9-15/h3-7H,8H2,1-2H3,(H,16,17,18). The van der Waals surface area contributed by atoms with E-state index in [1.807, 2.05) is 32.0 Å². The highest BCUT2D eigenvalue weighted by Crippen LogP contribution is 2.13. The first-order valence-corrected chi connectivity index (χ1v) is 5.88. The van der Waals surface area contributed by atoms with Gasteiger partial charge in [-0.15, -0.1) is 5.26 Å². The number of anilines is 1. The summed E-state index contributed by atoms with van der Waals surface area (Å²) in [5, 5.41) is 11.6. The summed E-state index contributed by atoms with van der Waals surface area (Å²) in [6.45, 7) is 4.50. The molecule has 1 aromatic heterocycles. The van der Waals surface area contributed by atoms with Crippen LogP contribution in [0.15, 0.2) is 30.3 Å². The van der Waals surface area contributed by atoms with Gasteiger partial charge in [0.25, 0.3) is 6.26 Å². The quantitative estimate of drug-likeness (QED) is 0.849. The van der Waals surface area contributed by atoms with E-state index in [1.165, 1.54) is 0 Å². The first-order chi connectivity index (χ1) is 9.17. The molecule has 2 rings (SSSR count). The van der Waals surface area contributed by atoms with Gasteiger partial charge < -0.3 is 10.1 Å². The second-order valence-electron chi connectivity index (χ2n) is 4.17. The molecule has 0 aliphatic carbocycles. The van der Waals surface area contributed by atoms with Crippen molar-refractivity contribution in [1.29, 1.82) is 5.26 Å². The van der Waals surface area contributed by atoms with Gasteiger partial charge in [0.05, 0.1) is 0 Å². The molecule has 0 bridgehead atoms. The number of aromatic nitrogens is 2. The van der Waals surface area contributed by atoms with E-state index in [2.05, 4.69) is 15.3 Å². The van der Waals surface area contributed by atoms with Crippen LogP contribution in [0, 0.1) is 25.4 Å². The third-order valence-corrected chi connectivity index (χ3v) is 2.52. The largest absolute Gasteiger partial charge is 0.388 e. The zero-order chi connectivity index (χ0) is 13.7. The predicted molar refractivity (Wildman–Crippen MR) is 71.5 cm³/mol. The second-order valence-corrected chi connectivity index (χ2v) is 4.17. The van der Waals surface area contributed by atoms with Crippen molar-refractivity contribution < 1.29 is 4.74 Å². The molecule has 5 heteroatoms. The highest BCUT2D eigenvalue weighted by atomic mass is 16.5. The molecule has 0 atom stereocenters. The van der Waals surface area contributed by atoms with Crippen LogP contribution in [0.5, 0.6) is 5.75 Å². The van der Waals surface area contributed by atoms with Crippen LogP contribution >= 0.6 is 0 Å². The van der Waals surface area contributed by atoms with Crippen molar-refractivity contribution in [3.63, 3.8) is 0 Å². The SMILES string of the molecule is Cc1cc(C)nc(NCc2ccc(OC#N)cc2)n1. The summed E-state index contributed by atoms with van der Waals surface area (Å²) in [5.74, 6) is 1.16. The van der Waals surface area contributed by atoms with Crippen LogP contribution in [-0.2, 0) is 6.54 Å². The minimum Gasteiger partial charge on any atom is -0.388 e. The number of benzene rings is 1. The van der Waals surface area contributed by atoms with E-state index in [0.717, 1.165) is 17.0 Å². The van der Waals surface area contributed by atoms with Gasteiger partial charge in [-0.05, 0) is 37.6 Å². The minimum absolute atomic E-state index is 0.536. The lowest BCUT2D eigenvalue weighted by molar-refractivity contribution is 0.507. The van der Waals surface area contributed by atoms with E-state index in [-0.39, 0.29) is 0 Å². The summed E-state index contributed by atoms with van der Waals surface area (Å²) in [7, 11) is 0. The maximum Gasteiger partial charge on any atom is 0.292 e. The van der Waals surface area contributed by atoms with Gasteiger partial charge in [0.2, 0.25) is 5.95 Å². The number of hydrogen-bond donors (Lipinski definition) is 1. The third kappa shape index (κ3) is 3.68. The Hall–Kier alpha value is -2.61. The van der Waals surface area contributed by atoms with E-state index in [4.69, 9.17) is 10.00 Å². The Morgan fingerprint density at radius 2 is 1.79 bits per heavy atom. The molecule has 19 heavy (non-hydrogen) atoms. The lowest BCUT2D eigenvalue weighted by Gasteiger charge is -2.07. The van der Waals surface area contributed by atoms with Gasteiger partial charge in [-0.1, -0.05) is 12.1 Å². The Labute approximate surface area is 111 Å². The van der Waals surface area contributed by atoms with Crippen molar-refractivity contribution >= 4 is 5.95 Å². The molecule has 1 N–H and O–H groups in total. The minimum atomic E-state index is 0.536. The van der Waals surface area contributed by atoms with E-state index < -0.39 is 0 Å². The summed E-state index contributed by atoms with van der Waals surface area (Å²) in [6.07, 6.45) is 1.64. The normalized spacial score (nSPS) is 9.74. The fourth-order valence-corrected chi connectivity index (χ4v) is 1.71. The van der Waals surface area contributed by atoms with Crippen LogP contribution in [-0.4, -0.2) is 9.97 Å². The van der Waals surface area contributed by atoms with Crippen molar-refractivity contribution in [2.24, 2.45) is 0 Å². The maximum atomic E-state index is 8.39. The highest BCUT2D eigenvalue weighted by Gasteiger charge is 2.00. The molecule has 96 valence electrons. The number of ether oxygens (including phenoxy) is 1. The molecule has 0 spiro atoms. The Morgan fingerprint density at radius 3 is 2.37 bits per heavy atom. The molecule has 0 radical (unpaired) electrons. The van der Waals surface area contributed by atoms with Crippen molar-refractivity contribution in [2.75, 3.05) is 5.32 Å². The van der Waals surface area contributed by atoms with Crippen molar-refractivity contribution in [3.8, 4) is 12.0 Å². The van der Waals surface area contributed by atoms with Gasteiger partial charge in [-0.2, -0.15) is 0 Å². The van der Waals surface area contributed by atoms with Gasteiger partial charge >= 0.3 is 0 Å². The summed E-state index contributed by atoms with van der Waals surface area (Å²) < 4.78 is 4.72. The van der Waals surface area contributed by atoms with Gasteiger partial charge in [-0.25, -0.2) is 9.97 Å². The zero-order valence-corrected chi connectivity index (χ0v) is 10.8. The number of aryl methyl sites for hydroxylation is 2. The Bertz CT molecular complexity index is 582. The average Bonchev–Trinajstić information content (AvgIpc) is 2.37. The number of nitrogens with zero attached hydrogens (tertiary/aromatic N) is 3. The highest BCUT2D eigenvalue weighted by molar-refractivity contribution is 5.32. The van der Waals surface area contributed by atoms with Gasteiger partial charge in [0.1, 0.15) is 5.75 Å². The monoisotopic (exact) mass is 254 g/mol. The number of nitriles is 1. The Kier molecular flexibility index (Phi) is 3.94. The molecule has 0 amide bonds. The lowest BCUT2D eigenvalue weighted by atomic mass is 10.2. The van der Waals surface area contributed by atoms with Crippen molar-refractivity contribution in [3.05, 3.63) is 47.3 Å². The molecular weight excluding hydrogens is 240 g/mol. The van der Waals surface area contributed by atoms with Crippen molar-refractivity contribution in [1.82, 2.24) is 9.97 Å². The molecule has 5 nitrogen and oxygen atoms in total. The smallest absolute Gasteiger partial charge is 0.292 e. The maximum absolute atomic E-state index is 8.39. The molecule has 0 saturated heterocycles. The van der Waals surface area contributed by atoms with Crippen LogP contribution in [0.2, 0.25) is 0 Å². The molecule has 0 aliphatic rings. The average molecular weight is 254 g/mol. The first kappa shape index (κ1) is 12.8. The molecule has 0 unspecified atom stereocenters.